The second-order valence-electron chi connectivity index (χ2n) is 8.31. The third-order valence-electron chi connectivity index (χ3n) is 5.60. The first kappa shape index (κ1) is 26.5. The zero-order chi connectivity index (χ0) is 26.7. The highest BCUT2D eigenvalue weighted by Gasteiger charge is 2.15. The van der Waals surface area contributed by atoms with Gasteiger partial charge in [-0.1, -0.05) is 6.08 Å². The number of benzene rings is 2. The Kier molecular flexibility index (Phi) is 9.13. The Bertz CT molecular complexity index is 1340. The number of morpholine rings is 1. The topological polar surface area (TPSA) is 99.7 Å². The van der Waals surface area contributed by atoms with Gasteiger partial charge in [-0.3, -0.25) is 4.90 Å². The van der Waals surface area contributed by atoms with Gasteiger partial charge in [0.15, 0.2) is 6.20 Å². The van der Waals surface area contributed by atoms with Crippen molar-refractivity contribution in [3.05, 3.63) is 82.8 Å². The van der Waals surface area contributed by atoms with Crippen LogP contribution in [-0.4, -0.2) is 54.3 Å². The van der Waals surface area contributed by atoms with Crippen LogP contribution in [0, 0.1) is 29.5 Å². The Labute approximate surface area is 219 Å². The van der Waals surface area contributed by atoms with Crippen LogP contribution < -0.4 is 15.4 Å². The summed E-state index contributed by atoms with van der Waals surface area (Å²) < 4.78 is 40.7. The fraction of sp³-hybridized carbons (Fsp3) is 0.259. The quantitative estimate of drug-likeness (QED) is 0.283. The van der Waals surface area contributed by atoms with Gasteiger partial charge in [0.1, 0.15) is 23.1 Å². The maximum atomic E-state index is 14.7. The van der Waals surface area contributed by atoms with Gasteiger partial charge in [-0.25, -0.2) is 13.6 Å². The summed E-state index contributed by atoms with van der Waals surface area (Å²) in [6.45, 7) is 11.2. The summed E-state index contributed by atoms with van der Waals surface area (Å²) in [6, 6.07) is 12.4. The first-order valence-corrected chi connectivity index (χ1v) is 11.9. The molecule has 3 aromatic rings. The molecule has 0 amide bonds. The molecule has 0 radical (unpaired) electrons. The van der Waals surface area contributed by atoms with Gasteiger partial charge in [0, 0.05) is 31.4 Å². The minimum atomic E-state index is -0.845. The van der Waals surface area contributed by atoms with Crippen molar-refractivity contribution < 1.29 is 18.3 Å². The molecule has 194 valence electrons. The van der Waals surface area contributed by atoms with Gasteiger partial charge in [-0.05, 0) is 48.4 Å². The highest BCUT2D eigenvalue weighted by Crippen LogP contribution is 2.27. The van der Waals surface area contributed by atoms with Gasteiger partial charge < -0.3 is 20.1 Å². The first-order valence-electron chi connectivity index (χ1n) is 11.9. The van der Waals surface area contributed by atoms with Gasteiger partial charge in [0.2, 0.25) is 11.8 Å². The summed E-state index contributed by atoms with van der Waals surface area (Å²) in [6.07, 6.45) is 3.19. The molecule has 0 atom stereocenters. The number of ether oxygens (including phenoxy) is 2. The van der Waals surface area contributed by atoms with Crippen molar-refractivity contribution in [1.82, 2.24) is 14.9 Å². The largest absolute Gasteiger partial charge is 0.477 e. The number of halogens is 2. The molecule has 4 rings (SSSR count). The second kappa shape index (κ2) is 13.1. The monoisotopic (exact) mass is 517 g/mol. The van der Waals surface area contributed by atoms with Crippen LogP contribution in [0.3, 0.4) is 0 Å². The zero-order valence-corrected chi connectivity index (χ0v) is 20.5. The Hall–Kier alpha value is -4.58. The molecule has 0 saturated carbocycles. The SMILES string of the molecule is [C-]#[N+]/C=C/c1cc(F)c(Nc2cc(OCCCN3CCOCC3)nc(Nc3ccc(C#N)cc3)n2)c(F)c1. The molecule has 0 aliphatic carbocycles. The van der Waals surface area contributed by atoms with E-state index in [9.17, 15) is 8.78 Å². The molecule has 2 N–H and O–H groups in total. The zero-order valence-electron chi connectivity index (χ0n) is 20.5. The van der Waals surface area contributed by atoms with Crippen molar-refractivity contribution >= 4 is 29.2 Å². The maximum absolute atomic E-state index is 14.7. The third-order valence-corrected chi connectivity index (χ3v) is 5.60. The van der Waals surface area contributed by atoms with Gasteiger partial charge in [-0.15, -0.1) is 0 Å². The summed E-state index contributed by atoms with van der Waals surface area (Å²) in [5.41, 5.74) is 0.937. The highest BCUT2D eigenvalue weighted by molar-refractivity contribution is 5.64. The van der Waals surface area contributed by atoms with Crippen LogP contribution in [0.25, 0.3) is 10.9 Å². The summed E-state index contributed by atoms with van der Waals surface area (Å²) in [4.78, 5) is 14.1. The van der Waals surface area contributed by atoms with Crippen molar-refractivity contribution in [3.8, 4) is 11.9 Å². The summed E-state index contributed by atoms with van der Waals surface area (Å²) in [5, 5.41) is 14.7. The molecule has 11 heteroatoms. The number of hydrogen-bond donors (Lipinski definition) is 2. The molecular formula is C27H25F2N7O2. The first-order chi connectivity index (χ1) is 18.5. The second-order valence-corrected chi connectivity index (χ2v) is 8.31. The van der Waals surface area contributed by atoms with Crippen LogP contribution in [0.4, 0.5) is 31.9 Å². The Morgan fingerprint density at radius 1 is 1.11 bits per heavy atom. The van der Waals surface area contributed by atoms with Gasteiger partial charge in [0.25, 0.3) is 0 Å². The number of nitrogens with one attached hydrogen (secondary N) is 2. The fourth-order valence-electron chi connectivity index (χ4n) is 3.73. The van der Waals surface area contributed by atoms with Gasteiger partial charge >= 0.3 is 0 Å². The van der Waals surface area contributed by atoms with Crippen LogP contribution in [0.1, 0.15) is 17.5 Å². The Balaban J connectivity index is 1.53. The van der Waals surface area contributed by atoms with E-state index in [2.05, 4.69) is 36.4 Å². The summed E-state index contributed by atoms with van der Waals surface area (Å²) >= 11 is 0. The van der Waals surface area contributed by atoms with E-state index in [4.69, 9.17) is 21.3 Å². The van der Waals surface area contributed by atoms with Crippen LogP contribution in [0.2, 0.25) is 0 Å². The lowest BCUT2D eigenvalue weighted by Crippen LogP contribution is -2.37. The number of aromatic nitrogens is 2. The highest BCUT2D eigenvalue weighted by atomic mass is 19.1. The van der Waals surface area contributed by atoms with E-state index in [1.807, 2.05) is 0 Å². The van der Waals surface area contributed by atoms with E-state index >= 15 is 0 Å². The lowest BCUT2D eigenvalue weighted by atomic mass is 10.2. The molecular weight excluding hydrogens is 492 g/mol. The van der Waals surface area contributed by atoms with E-state index in [-0.39, 0.29) is 23.2 Å². The van der Waals surface area contributed by atoms with Crippen molar-refractivity contribution in [3.63, 3.8) is 0 Å². The average Bonchev–Trinajstić information content (AvgIpc) is 2.93. The molecule has 0 unspecified atom stereocenters. The predicted molar refractivity (Wildman–Crippen MR) is 139 cm³/mol. The number of anilines is 4. The molecule has 38 heavy (non-hydrogen) atoms. The minimum absolute atomic E-state index is 0.113. The van der Waals surface area contributed by atoms with Crippen LogP contribution in [-0.2, 0) is 4.74 Å². The van der Waals surface area contributed by atoms with E-state index in [1.54, 1.807) is 24.3 Å². The smallest absolute Gasteiger partial charge is 0.232 e. The molecule has 0 spiro atoms. The fourth-order valence-corrected chi connectivity index (χ4v) is 3.73. The minimum Gasteiger partial charge on any atom is -0.477 e. The van der Waals surface area contributed by atoms with Crippen molar-refractivity contribution in [2.24, 2.45) is 0 Å². The van der Waals surface area contributed by atoms with Gasteiger partial charge in [-0.2, -0.15) is 15.2 Å². The molecule has 1 aliphatic rings. The van der Waals surface area contributed by atoms with Gasteiger partial charge in [0.05, 0.1) is 38.0 Å². The lowest BCUT2D eigenvalue weighted by molar-refractivity contribution is 0.0357. The lowest BCUT2D eigenvalue weighted by Gasteiger charge is -2.26. The van der Waals surface area contributed by atoms with Crippen LogP contribution in [0.5, 0.6) is 5.88 Å². The van der Waals surface area contributed by atoms with E-state index in [0.717, 1.165) is 57.6 Å². The standard InChI is InChI=1S/C27H25F2N7O2/c1-31-8-7-20-15-22(28)26(23(29)16-20)33-24-17-25(38-12-2-9-36-10-13-37-14-11-36)35-27(34-24)32-21-5-3-19(18-30)4-6-21/h3-8,15-17H,2,9-14H2,(H2,32,33,34,35)/b8-7+. The van der Waals surface area contributed by atoms with E-state index in [1.165, 1.54) is 12.1 Å². The Morgan fingerprint density at radius 3 is 2.53 bits per heavy atom. The van der Waals surface area contributed by atoms with Crippen LogP contribution in [0.15, 0.2) is 48.7 Å². The molecule has 1 fully saturated rings. The molecule has 1 aliphatic heterocycles. The van der Waals surface area contributed by atoms with Crippen molar-refractivity contribution in [1.29, 1.82) is 5.26 Å². The van der Waals surface area contributed by atoms with E-state index in [0.29, 0.717) is 17.9 Å². The normalized spacial score (nSPS) is 13.6. The molecule has 1 aromatic heterocycles. The average molecular weight is 518 g/mol. The van der Waals surface area contributed by atoms with Crippen molar-refractivity contribution in [2.75, 3.05) is 50.1 Å². The van der Waals surface area contributed by atoms with Crippen LogP contribution >= 0.6 is 0 Å². The molecule has 0 bridgehead atoms. The molecule has 2 heterocycles. The molecule has 1 saturated heterocycles. The third kappa shape index (κ3) is 7.46. The number of nitriles is 1. The van der Waals surface area contributed by atoms with E-state index < -0.39 is 17.3 Å². The molecule has 9 nitrogen and oxygen atoms in total. The predicted octanol–water partition coefficient (Wildman–Crippen LogP) is 5.10. The maximum Gasteiger partial charge on any atom is 0.232 e. The number of hydrogen-bond acceptors (Lipinski definition) is 8. The Morgan fingerprint density at radius 2 is 1.84 bits per heavy atom. The number of nitrogens with zero attached hydrogens (tertiary/aromatic N) is 5. The van der Waals surface area contributed by atoms with Crippen molar-refractivity contribution in [2.45, 2.75) is 6.42 Å². The summed E-state index contributed by atoms with van der Waals surface area (Å²) in [7, 11) is 0. The number of rotatable bonds is 10. The molecule has 2 aromatic carbocycles. The summed E-state index contributed by atoms with van der Waals surface area (Å²) in [5.74, 6) is -1.22.